The maximum Gasteiger partial charge on any atom is 0.339 e. The van der Waals surface area contributed by atoms with E-state index in [-0.39, 0.29) is 34.9 Å². The van der Waals surface area contributed by atoms with Gasteiger partial charge >= 0.3 is 5.97 Å². The number of aliphatic hydroxyl groups excluding tert-OH is 1. The first-order chi connectivity index (χ1) is 12.3. The Hall–Kier alpha value is -1.55. The number of allylic oxidation sites excluding steroid dienone is 2. The van der Waals surface area contributed by atoms with Crippen molar-refractivity contribution in [1.82, 2.24) is 0 Å². The summed E-state index contributed by atoms with van der Waals surface area (Å²) in [5.41, 5.74) is 1.89. The van der Waals surface area contributed by atoms with Crippen LogP contribution in [0.1, 0.15) is 66.2 Å². The minimum absolute atomic E-state index is 0.0212. The Labute approximate surface area is 156 Å². The van der Waals surface area contributed by atoms with Gasteiger partial charge in [-0.05, 0) is 63.9 Å². The fourth-order valence-corrected chi connectivity index (χ4v) is 5.11. The molecule has 1 aliphatic heterocycles. The van der Waals surface area contributed by atoms with Crippen LogP contribution in [0.3, 0.4) is 0 Å². The lowest BCUT2D eigenvalue weighted by Gasteiger charge is -2.53. The third-order valence-electron chi connectivity index (χ3n) is 6.41. The lowest BCUT2D eigenvalue weighted by atomic mass is 9.62. The van der Waals surface area contributed by atoms with Crippen molar-refractivity contribution in [2.24, 2.45) is 17.8 Å². The average molecular weight is 360 g/mol. The third-order valence-corrected chi connectivity index (χ3v) is 6.41. The molecule has 1 heterocycles. The molecule has 0 radical (unpaired) electrons. The second kappa shape index (κ2) is 7.22. The van der Waals surface area contributed by atoms with Gasteiger partial charge in [0.1, 0.15) is 11.3 Å². The molecule has 4 heteroatoms. The highest BCUT2D eigenvalue weighted by atomic mass is 16.5. The van der Waals surface area contributed by atoms with E-state index in [9.17, 15) is 15.0 Å². The zero-order chi connectivity index (χ0) is 19.1. The zero-order valence-corrected chi connectivity index (χ0v) is 16.4. The van der Waals surface area contributed by atoms with Crippen LogP contribution in [0.15, 0.2) is 34.6 Å². The van der Waals surface area contributed by atoms with Crippen molar-refractivity contribution in [2.75, 3.05) is 0 Å². The number of rotatable bonds is 5. The molecule has 4 nitrogen and oxygen atoms in total. The van der Waals surface area contributed by atoms with Crippen molar-refractivity contribution in [3.05, 3.63) is 34.6 Å². The molecule has 0 aromatic heterocycles. The van der Waals surface area contributed by atoms with Crippen molar-refractivity contribution >= 4 is 5.97 Å². The molecule has 4 atom stereocenters. The summed E-state index contributed by atoms with van der Waals surface area (Å²) in [5, 5.41) is 20.8. The maximum atomic E-state index is 11.9. The molecule has 0 saturated carbocycles. The summed E-state index contributed by atoms with van der Waals surface area (Å²) in [6.45, 7) is 8.52. The van der Waals surface area contributed by atoms with Crippen molar-refractivity contribution in [3.8, 4) is 0 Å². The van der Waals surface area contributed by atoms with Gasteiger partial charge in [0, 0.05) is 0 Å². The van der Waals surface area contributed by atoms with Crippen molar-refractivity contribution in [1.29, 1.82) is 0 Å². The number of ether oxygens (including phenoxy) is 1. The highest BCUT2D eigenvalue weighted by Crippen LogP contribution is 2.52. The Kier molecular flexibility index (Phi) is 5.34. The van der Waals surface area contributed by atoms with Crippen LogP contribution in [0.4, 0.5) is 0 Å². The van der Waals surface area contributed by atoms with Gasteiger partial charge in [-0.25, -0.2) is 4.79 Å². The number of unbranched alkanes of at least 4 members (excludes halogenated alkanes) is 2. The third kappa shape index (κ3) is 3.36. The highest BCUT2D eigenvalue weighted by molar-refractivity contribution is 5.93. The number of carbonyl (C=O) groups is 1. The number of aliphatic carboxylic acids is 1. The smallest absolute Gasteiger partial charge is 0.339 e. The first-order valence-corrected chi connectivity index (χ1v) is 9.98. The van der Waals surface area contributed by atoms with Crippen LogP contribution >= 0.6 is 0 Å². The Morgan fingerprint density at radius 1 is 1.31 bits per heavy atom. The van der Waals surface area contributed by atoms with Gasteiger partial charge in [-0.15, -0.1) is 0 Å². The van der Waals surface area contributed by atoms with Crippen LogP contribution in [0.5, 0.6) is 0 Å². The molecular formula is C22H32O4. The molecule has 144 valence electrons. The van der Waals surface area contributed by atoms with Gasteiger partial charge in [0.25, 0.3) is 0 Å². The monoisotopic (exact) mass is 360 g/mol. The van der Waals surface area contributed by atoms with Crippen LogP contribution in [0.2, 0.25) is 0 Å². The molecule has 3 rings (SSSR count). The van der Waals surface area contributed by atoms with Crippen LogP contribution in [-0.2, 0) is 9.53 Å². The maximum absolute atomic E-state index is 11.9. The van der Waals surface area contributed by atoms with Crippen LogP contribution in [-0.4, -0.2) is 27.9 Å². The van der Waals surface area contributed by atoms with Crippen molar-refractivity contribution < 1.29 is 19.7 Å². The normalized spacial score (nSPS) is 33.1. The van der Waals surface area contributed by atoms with Crippen LogP contribution < -0.4 is 0 Å². The first-order valence-electron chi connectivity index (χ1n) is 9.98. The van der Waals surface area contributed by atoms with E-state index in [0.717, 1.165) is 37.7 Å². The molecule has 0 aromatic carbocycles. The first kappa shape index (κ1) is 19.2. The van der Waals surface area contributed by atoms with Crippen LogP contribution in [0, 0.1) is 17.8 Å². The number of carboxylic acids is 1. The molecule has 26 heavy (non-hydrogen) atoms. The molecule has 2 unspecified atom stereocenters. The zero-order valence-electron chi connectivity index (χ0n) is 16.4. The molecule has 1 saturated heterocycles. The number of carboxylic acid groups (broad SMARTS) is 1. The quantitative estimate of drug-likeness (QED) is 0.524. The van der Waals surface area contributed by atoms with E-state index in [1.54, 1.807) is 0 Å². The second-order valence-corrected chi connectivity index (χ2v) is 8.66. The summed E-state index contributed by atoms with van der Waals surface area (Å²) in [7, 11) is 0. The summed E-state index contributed by atoms with van der Waals surface area (Å²) < 4.78 is 6.42. The molecule has 0 bridgehead atoms. The minimum atomic E-state index is -1.03. The highest BCUT2D eigenvalue weighted by Gasteiger charge is 2.52. The van der Waals surface area contributed by atoms with E-state index < -0.39 is 5.97 Å². The largest absolute Gasteiger partial charge is 0.511 e. The SMILES string of the molecule is CCCCCC1=CC2OC(C)(C)[C@@H]3CCC(C)=C[C@H]3C2C(O)=C1C(=O)O. The molecule has 2 N–H and O–H groups in total. The Balaban J connectivity index is 2.01. The number of hydrogen-bond donors (Lipinski definition) is 2. The average Bonchev–Trinajstić information content (AvgIpc) is 2.53. The Bertz CT molecular complexity index is 668. The number of fused-ring (bicyclic) bond motifs is 3. The molecule has 0 amide bonds. The lowest BCUT2D eigenvalue weighted by molar-refractivity contribution is -0.171. The van der Waals surface area contributed by atoms with Crippen molar-refractivity contribution in [2.45, 2.75) is 77.9 Å². The Morgan fingerprint density at radius 2 is 2.04 bits per heavy atom. The van der Waals surface area contributed by atoms with E-state index in [2.05, 4.69) is 33.8 Å². The van der Waals surface area contributed by atoms with Gasteiger partial charge in [-0.3, -0.25) is 0 Å². The molecule has 3 aliphatic rings. The lowest BCUT2D eigenvalue weighted by Crippen LogP contribution is -2.54. The van der Waals surface area contributed by atoms with Crippen molar-refractivity contribution in [3.63, 3.8) is 0 Å². The number of hydrogen-bond acceptors (Lipinski definition) is 3. The fraction of sp³-hybridized carbons (Fsp3) is 0.682. The van der Waals surface area contributed by atoms with E-state index >= 15 is 0 Å². The molecule has 0 spiro atoms. The summed E-state index contributed by atoms with van der Waals surface area (Å²) in [6.07, 6.45) is 9.78. The fourth-order valence-electron chi connectivity index (χ4n) is 5.11. The molecular weight excluding hydrogens is 328 g/mol. The van der Waals surface area contributed by atoms with Gasteiger partial charge in [0.05, 0.1) is 17.6 Å². The van der Waals surface area contributed by atoms with Gasteiger partial charge in [0.15, 0.2) is 0 Å². The number of aliphatic hydroxyl groups is 1. The molecule has 1 fully saturated rings. The topological polar surface area (TPSA) is 66.8 Å². The molecule has 2 aliphatic carbocycles. The van der Waals surface area contributed by atoms with Gasteiger partial charge in [0.2, 0.25) is 0 Å². The predicted octanol–water partition coefficient (Wildman–Crippen LogP) is 5.17. The summed E-state index contributed by atoms with van der Waals surface area (Å²) >= 11 is 0. The summed E-state index contributed by atoms with van der Waals surface area (Å²) in [4.78, 5) is 11.9. The van der Waals surface area contributed by atoms with E-state index in [4.69, 9.17) is 4.74 Å². The van der Waals surface area contributed by atoms with Crippen LogP contribution in [0.25, 0.3) is 0 Å². The van der Waals surface area contributed by atoms with Gasteiger partial charge in [-0.1, -0.05) is 37.5 Å². The van der Waals surface area contributed by atoms with E-state index in [1.807, 2.05) is 6.08 Å². The summed E-state index contributed by atoms with van der Waals surface area (Å²) in [6, 6.07) is 0. The predicted molar refractivity (Wildman–Crippen MR) is 102 cm³/mol. The molecule has 0 aromatic rings. The Morgan fingerprint density at radius 3 is 2.69 bits per heavy atom. The van der Waals surface area contributed by atoms with E-state index in [1.165, 1.54) is 5.57 Å². The van der Waals surface area contributed by atoms with Gasteiger partial charge in [-0.2, -0.15) is 0 Å². The van der Waals surface area contributed by atoms with Gasteiger partial charge < -0.3 is 14.9 Å². The van der Waals surface area contributed by atoms with E-state index in [0.29, 0.717) is 12.3 Å². The minimum Gasteiger partial charge on any atom is -0.511 e. The second-order valence-electron chi connectivity index (χ2n) is 8.66. The summed E-state index contributed by atoms with van der Waals surface area (Å²) in [5.74, 6) is -0.876. The standard InChI is InChI=1S/C22H32O4/c1-5-6-7-8-14-12-17-19(20(23)18(14)21(24)25)15-11-13(2)9-10-16(15)22(3,4)26-17/h11-12,15-17,19,23H,5-10H2,1-4H3,(H,24,25)/t15-,16-,17?,19?/m1/s1.